The summed E-state index contributed by atoms with van der Waals surface area (Å²) in [4.78, 5) is 43.9. The smallest absolute Gasteiger partial charge is 0.250 e. The molecule has 2 aromatic carbocycles. The van der Waals surface area contributed by atoms with Gasteiger partial charge in [-0.25, -0.2) is 9.29 Å². The van der Waals surface area contributed by atoms with Gasteiger partial charge in [-0.15, -0.1) is 0 Å². The Hall–Kier alpha value is -2.77. The molecule has 4 atom stereocenters. The van der Waals surface area contributed by atoms with Crippen molar-refractivity contribution in [3.05, 3.63) is 58.4 Å². The lowest BCUT2D eigenvalue weighted by molar-refractivity contribution is -0.135. The molecular weight excluding hydrogens is 421 g/mol. The molecule has 2 aromatic rings. The van der Waals surface area contributed by atoms with Gasteiger partial charge in [0.2, 0.25) is 17.7 Å². The molecule has 4 aliphatic heterocycles. The van der Waals surface area contributed by atoms with Crippen molar-refractivity contribution in [1.82, 2.24) is 4.90 Å². The first kappa shape index (κ1) is 19.0. The molecule has 0 unspecified atom stereocenters. The SMILES string of the molecule is Cc1cc(Cl)cc2c1NC(=O)[C@]21[C@@H]2C(=O)N(c3ccccc3F)C(=O)[C@@H]2[C@@H]2CCCN21. The monoisotopic (exact) mass is 439 g/mol. The van der Waals surface area contributed by atoms with Crippen LogP contribution in [0.3, 0.4) is 0 Å². The molecule has 0 saturated carbocycles. The van der Waals surface area contributed by atoms with Crippen LogP contribution in [0.25, 0.3) is 0 Å². The highest BCUT2D eigenvalue weighted by Crippen LogP contribution is 2.61. The zero-order chi connectivity index (χ0) is 21.7. The predicted octanol–water partition coefficient (Wildman–Crippen LogP) is 3.22. The van der Waals surface area contributed by atoms with Crippen molar-refractivity contribution in [1.29, 1.82) is 0 Å². The van der Waals surface area contributed by atoms with Crippen molar-refractivity contribution in [3.63, 3.8) is 0 Å². The summed E-state index contributed by atoms with van der Waals surface area (Å²) in [7, 11) is 0. The second kappa shape index (κ2) is 6.14. The van der Waals surface area contributed by atoms with Crippen molar-refractivity contribution < 1.29 is 18.8 Å². The van der Waals surface area contributed by atoms with Crippen molar-refractivity contribution in [2.24, 2.45) is 11.8 Å². The van der Waals surface area contributed by atoms with Gasteiger partial charge in [0, 0.05) is 22.3 Å². The maximum atomic E-state index is 14.6. The number of carbonyl (C=O) groups is 3. The number of fused-ring (bicyclic) bond motifs is 7. The number of benzene rings is 2. The molecule has 31 heavy (non-hydrogen) atoms. The van der Waals surface area contributed by atoms with Crippen molar-refractivity contribution in [2.45, 2.75) is 31.3 Å². The molecule has 0 radical (unpaired) electrons. The third-order valence-corrected chi connectivity index (χ3v) is 7.58. The first-order chi connectivity index (χ1) is 14.9. The summed E-state index contributed by atoms with van der Waals surface area (Å²) in [6, 6.07) is 8.98. The minimum absolute atomic E-state index is 0.0625. The summed E-state index contributed by atoms with van der Waals surface area (Å²) in [6.45, 7) is 2.46. The molecule has 3 amide bonds. The van der Waals surface area contributed by atoms with Crippen LogP contribution in [-0.4, -0.2) is 35.2 Å². The van der Waals surface area contributed by atoms with E-state index >= 15 is 0 Å². The zero-order valence-electron chi connectivity index (χ0n) is 16.7. The Bertz CT molecular complexity index is 1200. The van der Waals surface area contributed by atoms with Gasteiger partial charge in [-0.3, -0.25) is 19.3 Å². The number of para-hydroxylation sites is 1. The van der Waals surface area contributed by atoms with Crippen LogP contribution < -0.4 is 10.2 Å². The molecule has 4 heterocycles. The lowest BCUT2D eigenvalue weighted by atomic mass is 9.75. The Kier molecular flexibility index (Phi) is 3.76. The van der Waals surface area contributed by atoms with Crippen LogP contribution in [0.15, 0.2) is 36.4 Å². The van der Waals surface area contributed by atoms with E-state index in [4.69, 9.17) is 11.6 Å². The fourth-order valence-corrected chi connectivity index (χ4v) is 6.58. The number of carbonyl (C=O) groups excluding carboxylic acids is 3. The number of nitrogens with zero attached hydrogens (tertiary/aromatic N) is 2. The number of nitrogens with one attached hydrogen (secondary N) is 1. The Morgan fingerprint density at radius 2 is 1.94 bits per heavy atom. The fourth-order valence-electron chi connectivity index (χ4n) is 6.31. The van der Waals surface area contributed by atoms with Gasteiger partial charge in [0.15, 0.2) is 0 Å². The molecule has 3 fully saturated rings. The van der Waals surface area contributed by atoms with Crippen LogP contribution in [0.1, 0.15) is 24.0 Å². The van der Waals surface area contributed by atoms with Crippen molar-refractivity contribution in [3.8, 4) is 0 Å². The number of hydrogen-bond donors (Lipinski definition) is 1. The van der Waals surface area contributed by atoms with Gasteiger partial charge in [-0.2, -0.15) is 0 Å². The van der Waals surface area contributed by atoms with Crippen LogP contribution in [-0.2, 0) is 19.9 Å². The summed E-state index contributed by atoms with van der Waals surface area (Å²) in [5.41, 5.74) is 0.703. The Labute approximate surface area is 183 Å². The number of imide groups is 1. The largest absolute Gasteiger partial charge is 0.324 e. The topological polar surface area (TPSA) is 69.7 Å². The first-order valence-corrected chi connectivity index (χ1v) is 10.8. The van der Waals surface area contributed by atoms with Gasteiger partial charge in [0.05, 0.1) is 17.5 Å². The maximum absolute atomic E-state index is 14.6. The number of amides is 3. The summed E-state index contributed by atoms with van der Waals surface area (Å²) in [5.74, 6) is -3.56. The van der Waals surface area contributed by atoms with Crippen LogP contribution in [0.4, 0.5) is 15.8 Å². The number of anilines is 2. The minimum atomic E-state index is -1.32. The standard InChI is InChI=1S/C23H19ClFN3O3/c1-11-9-12(24)10-13-19(11)26-22(31)23(13)18-17(16-7-4-8-27(16)23)20(29)28(21(18)30)15-6-3-2-5-14(15)25/h2-3,5-6,9-10,16-18H,4,7-8H2,1H3,(H,26,31)/t16-,17+,18-,23+/m0/s1. The quantitative estimate of drug-likeness (QED) is 0.693. The molecule has 3 saturated heterocycles. The maximum Gasteiger partial charge on any atom is 0.250 e. The normalized spacial score (nSPS) is 31.4. The second-order valence-corrected chi connectivity index (χ2v) is 9.17. The van der Waals surface area contributed by atoms with E-state index in [1.165, 1.54) is 18.2 Å². The number of aryl methyl sites for hydroxylation is 1. The first-order valence-electron chi connectivity index (χ1n) is 10.4. The van der Waals surface area contributed by atoms with Gasteiger partial charge in [0.25, 0.3) is 0 Å². The van der Waals surface area contributed by atoms with Crippen LogP contribution in [0.2, 0.25) is 5.02 Å². The highest BCUT2D eigenvalue weighted by molar-refractivity contribution is 6.31. The molecule has 4 aliphatic rings. The number of hydrogen-bond acceptors (Lipinski definition) is 4. The number of rotatable bonds is 1. The summed E-state index contributed by atoms with van der Waals surface area (Å²) < 4.78 is 14.6. The highest BCUT2D eigenvalue weighted by Gasteiger charge is 2.74. The Morgan fingerprint density at radius 3 is 2.71 bits per heavy atom. The lowest BCUT2D eigenvalue weighted by Gasteiger charge is -2.36. The van der Waals surface area contributed by atoms with Crippen LogP contribution in [0, 0.1) is 24.6 Å². The molecular formula is C23H19ClFN3O3. The predicted molar refractivity (Wildman–Crippen MR) is 112 cm³/mol. The minimum Gasteiger partial charge on any atom is -0.324 e. The van der Waals surface area contributed by atoms with Gasteiger partial charge < -0.3 is 5.32 Å². The zero-order valence-corrected chi connectivity index (χ0v) is 17.4. The molecule has 6 rings (SSSR count). The van der Waals surface area contributed by atoms with Crippen molar-refractivity contribution in [2.75, 3.05) is 16.8 Å². The van der Waals surface area contributed by atoms with Gasteiger partial charge in [0.1, 0.15) is 11.4 Å². The van der Waals surface area contributed by atoms with E-state index < -0.39 is 35.0 Å². The molecule has 6 nitrogen and oxygen atoms in total. The average Bonchev–Trinajstić information content (AvgIpc) is 3.42. The summed E-state index contributed by atoms with van der Waals surface area (Å²) >= 11 is 6.36. The third-order valence-electron chi connectivity index (χ3n) is 7.36. The molecule has 0 bridgehead atoms. The fraction of sp³-hybridized carbons (Fsp3) is 0.348. The van der Waals surface area contributed by atoms with E-state index in [2.05, 4.69) is 5.32 Å². The molecule has 8 heteroatoms. The number of halogens is 2. The van der Waals surface area contributed by atoms with Crippen molar-refractivity contribution >= 4 is 40.7 Å². The third kappa shape index (κ3) is 2.13. The van der Waals surface area contributed by atoms with Crippen LogP contribution in [0.5, 0.6) is 0 Å². The van der Waals surface area contributed by atoms with E-state index in [9.17, 15) is 18.8 Å². The molecule has 0 aromatic heterocycles. The van der Waals surface area contributed by atoms with E-state index in [0.29, 0.717) is 29.2 Å². The molecule has 0 aliphatic carbocycles. The molecule has 1 spiro atoms. The van der Waals surface area contributed by atoms with Gasteiger partial charge >= 0.3 is 0 Å². The second-order valence-electron chi connectivity index (χ2n) is 8.74. The van der Waals surface area contributed by atoms with E-state index in [1.807, 2.05) is 11.8 Å². The molecule has 158 valence electrons. The van der Waals surface area contributed by atoms with Crippen LogP contribution >= 0.6 is 11.6 Å². The molecule has 1 N–H and O–H groups in total. The van der Waals surface area contributed by atoms with Gasteiger partial charge in [-0.05, 0) is 56.1 Å². The van der Waals surface area contributed by atoms with Gasteiger partial charge in [-0.1, -0.05) is 23.7 Å². The van der Waals surface area contributed by atoms with E-state index in [0.717, 1.165) is 16.9 Å². The Balaban J connectivity index is 1.60. The van der Waals surface area contributed by atoms with E-state index in [1.54, 1.807) is 18.2 Å². The summed E-state index contributed by atoms with van der Waals surface area (Å²) in [6.07, 6.45) is 1.52. The lowest BCUT2D eigenvalue weighted by Crippen LogP contribution is -2.54. The summed E-state index contributed by atoms with van der Waals surface area (Å²) in [5, 5.41) is 3.42. The van der Waals surface area contributed by atoms with E-state index in [-0.39, 0.29) is 17.6 Å². The average molecular weight is 440 g/mol. The highest BCUT2D eigenvalue weighted by atomic mass is 35.5. The Morgan fingerprint density at radius 1 is 1.16 bits per heavy atom.